The summed E-state index contributed by atoms with van der Waals surface area (Å²) in [5.41, 5.74) is 3.41. The number of hydrogen-bond acceptors (Lipinski definition) is 4. The molecule has 0 bridgehead atoms. The third-order valence-electron chi connectivity index (χ3n) is 4.38. The number of nitrogens with zero attached hydrogens (tertiary/aromatic N) is 2. The third-order valence-corrected chi connectivity index (χ3v) is 5.30. The summed E-state index contributed by atoms with van der Waals surface area (Å²) in [5, 5.41) is 0.890. The number of aryl methyl sites for hydroxylation is 2. The Labute approximate surface area is 145 Å². The van der Waals surface area contributed by atoms with Crippen molar-refractivity contribution in [2.75, 3.05) is 7.11 Å². The first kappa shape index (κ1) is 15.4. The summed E-state index contributed by atoms with van der Waals surface area (Å²) >= 11 is 1.62. The van der Waals surface area contributed by atoms with E-state index in [4.69, 9.17) is 14.1 Å². The van der Waals surface area contributed by atoms with E-state index in [1.54, 1.807) is 18.9 Å². The average molecular weight is 340 g/mol. The Kier molecular flexibility index (Phi) is 4.10. The van der Waals surface area contributed by atoms with Gasteiger partial charge in [-0.1, -0.05) is 11.8 Å². The van der Waals surface area contributed by atoms with Crippen LogP contribution in [0.1, 0.15) is 24.4 Å². The zero-order valence-electron chi connectivity index (χ0n) is 13.9. The van der Waals surface area contributed by atoms with Crippen LogP contribution in [0.5, 0.6) is 5.75 Å². The second-order valence-electron chi connectivity index (χ2n) is 6.00. The van der Waals surface area contributed by atoms with Crippen molar-refractivity contribution < 1.29 is 9.15 Å². The van der Waals surface area contributed by atoms with E-state index in [1.807, 2.05) is 30.5 Å². The molecular formula is C19H20N2O2S. The lowest BCUT2D eigenvalue weighted by molar-refractivity contribution is 0.414. The molecule has 0 saturated heterocycles. The van der Waals surface area contributed by atoms with Gasteiger partial charge in [-0.25, -0.2) is 4.98 Å². The predicted molar refractivity (Wildman–Crippen MR) is 94.7 cm³/mol. The van der Waals surface area contributed by atoms with E-state index in [1.165, 1.54) is 24.4 Å². The molecule has 0 spiro atoms. The summed E-state index contributed by atoms with van der Waals surface area (Å²) in [6.45, 7) is 3.14. The molecule has 0 atom stereocenters. The molecule has 0 amide bonds. The minimum atomic E-state index is 0.862. The Morgan fingerprint density at radius 1 is 1.21 bits per heavy atom. The minimum Gasteiger partial charge on any atom is -0.497 e. The molecule has 1 aliphatic rings. The largest absolute Gasteiger partial charge is 0.497 e. The topological polar surface area (TPSA) is 40.2 Å². The van der Waals surface area contributed by atoms with E-state index in [0.29, 0.717) is 0 Å². The van der Waals surface area contributed by atoms with E-state index < -0.39 is 0 Å². The number of imidazole rings is 1. The molecular weight excluding hydrogens is 320 g/mol. The van der Waals surface area contributed by atoms with E-state index in [-0.39, 0.29) is 0 Å². The minimum absolute atomic E-state index is 0.862. The maximum absolute atomic E-state index is 5.79. The second-order valence-corrected chi connectivity index (χ2v) is 7.08. The fraction of sp³-hybridized carbons (Fsp3) is 0.316. The molecule has 124 valence electrons. The Hall–Kier alpha value is -2.14. The molecule has 4 nitrogen and oxygen atoms in total. The highest BCUT2D eigenvalue weighted by molar-refractivity contribution is 7.99. The number of methoxy groups -OCH3 is 1. The van der Waals surface area contributed by atoms with Crippen LogP contribution in [0.4, 0.5) is 0 Å². The quantitative estimate of drug-likeness (QED) is 0.674. The Morgan fingerprint density at radius 2 is 2.04 bits per heavy atom. The molecule has 0 fully saturated rings. The first-order valence-electron chi connectivity index (χ1n) is 8.21. The molecule has 1 aromatic carbocycles. The fourth-order valence-corrected chi connectivity index (χ4v) is 4.02. The van der Waals surface area contributed by atoms with E-state index in [0.717, 1.165) is 40.0 Å². The van der Waals surface area contributed by atoms with Gasteiger partial charge in [-0.15, -0.1) is 0 Å². The standard InChI is InChI=1S/C19H20N2O2S/c1-13-19(21-10-4-3-5-17(21)20-13)14-11-18(23-12-14)24-16-8-6-15(22-2)7-9-16/h6-9,11-12H,3-5,10H2,1-2H3. The Bertz CT molecular complexity index is 849. The number of hydrogen-bond donors (Lipinski definition) is 0. The summed E-state index contributed by atoms with van der Waals surface area (Å²) in [7, 11) is 1.68. The maximum atomic E-state index is 5.79. The highest BCUT2D eigenvalue weighted by Crippen LogP contribution is 2.35. The van der Waals surface area contributed by atoms with Crippen molar-refractivity contribution in [3.63, 3.8) is 0 Å². The number of furan rings is 1. The maximum Gasteiger partial charge on any atom is 0.165 e. The lowest BCUT2D eigenvalue weighted by Gasteiger charge is -2.15. The van der Waals surface area contributed by atoms with Crippen LogP contribution in [0.3, 0.4) is 0 Å². The van der Waals surface area contributed by atoms with E-state index in [2.05, 4.69) is 17.6 Å². The van der Waals surface area contributed by atoms with Gasteiger partial charge in [0.05, 0.1) is 18.5 Å². The summed E-state index contributed by atoms with van der Waals surface area (Å²) < 4.78 is 13.3. The van der Waals surface area contributed by atoms with Gasteiger partial charge in [0.2, 0.25) is 0 Å². The molecule has 0 radical (unpaired) electrons. The van der Waals surface area contributed by atoms with Crippen molar-refractivity contribution in [3.05, 3.63) is 48.1 Å². The molecule has 2 aromatic heterocycles. The Morgan fingerprint density at radius 3 is 2.83 bits per heavy atom. The van der Waals surface area contributed by atoms with Gasteiger partial charge in [0.15, 0.2) is 5.09 Å². The third kappa shape index (κ3) is 2.84. The monoisotopic (exact) mass is 340 g/mol. The smallest absolute Gasteiger partial charge is 0.165 e. The van der Waals surface area contributed by atoms with Crippen LogP contribution in [-0.2, 0) is 13.0 Å². The first-order chi connectivity index (χ1) is 11.7. The summed E-state index contributed by atoms with van der Waals surface area (Å²) in [5.74, 6) is 2.07. The molecule has 24 heavy (non-hydrogen) atoms. The molecule has 4 rings (SSSR count). The Balaban J connectivity index is 1.60. The molecule has 5 heteroatoms. The first-order valence-corrected chi connectivity index (χ1v) is 9.03. The number of aromatic nitrogens is 2. The van der Waals surface area contributed by atoms with Crippen LogP contribution in [-0.4, -0.2) is 16.7 Å². The van der Waals surface area contributed by atoms with Gasteiger partial charge < -0.3 is 13.7 Å². The number of benzene rings is 1. The molecule has 0 unspecified atom stereocenters. The zero-order chi connectivity index (χ0) is 16.5. The van der Waals surface area contributed by atoms with Crippen molar-refractivity contribution in [3.8, 4) is 17.0 Å². The van der Waals surface area contributed by atoms with Gasteiger partial charge in [-0.05, 0) is 44.0 Å². The zero-order valence-corrected chi connectivity index (χ0v) is 14.7. The van der Waals surface area contributed by atoms with Gasteiger partial charge in [0.1, 0.15) is 17.8 Å². The SMILES string of the molecule is COc1ccc(Sc2cc(-c3c(C)nc4n3CCCC4)co2)cc1. The van der Waals surface area contributed by atoms with Gasteiger partial charge in [-0.2, -0.15) is 0 Å². The van der Waals surface area contributed by atoms with Crippen molar-refractivity contribution in [2.24, 2.45) is 0 Å². The van der Waals surface area contributed by atoms with Crippen LogP contribution >= 0.6 is 11.8 Å². The van der Waals surface area contributed by atoms with Gasteiger partial charge in [0.25, 0.3) is 0 Å². The molecule has 3 aromatic rings. The summed E-state index contributed by atoms with van der Waals surface area (Å²) in [4.78, 5) is 5.87. The average Bonchev–Trinajstić information content (AvgIpc) is 3.18. The van der Waals surface area contributed by atoms with Gasteiger partial charge in [-0.3, -0.25) is 0 Å². The molecule has 0 N–H and O–H groups in total. The number of fused-ring (bicyclic) bond motifs is 1. The van der Waals surface area contributed by atoms with Crippen LogP contribution in [0, 0.1) is 6.92 Å². The van der Waals surface area contributed by atoms with Crippen LogP contribution in [0.2, 0.25) is 0 Å². The van der Waals surface area contributed by atoms with Crippen molar-refractivity contribution in [1.29, 1.82) is 0 Å². The highest BCUT2D eigenvalue weighted by Gasteiger charge is 2.20. The molecule has 1 aliphatic heterocycles. The normalized spacial score (nSPS) is 13.8. The van der Waals surface area contributed by atoms with Crippen molar-refractivity contribution in [1.82, 2.24) is 9.55 Å². The summed E-state index contributed by atoms with van der Waals surface area (Å²) in [6, 6.07) is 10.1. The number of ether oxygens (including phenoxy) is 1. The molecule has 0 aliphatic carbocycles. The fourth-order valence-electron chi connectivity index (χ4n) is 3.23. The molecule has 0 saturated carbocycles. The number of rotatable bonds is 4. The van der Waals surface area contributed by atoms with E-state index >= 15 is 0 Å². The summed E-state index contributed by atoms with van der Waals surface area (Å²) in [6.07, 6.45) is 5.38. The van der Waals surface area contributed by atoms with Crippen LogP contribution in [0.15, 0.2) is 51.0 Å². The highest BCUT2D eigenvalue weighted by atomic mass is 32.2. The van der Waals surface area contributed by atoms with Gasteiger partial charge >= 0.3 is 0 Å². The van der Waals surface area contributed by atoms with Gasteiger partial charge in [0, 0.05) is 29.5 Å². The van der Waals surface area contributed by atoms with Crippen LogP contribution < -0.4 is 4.74 Å². The predicted octanol–water partition coefficient (Wildman–Crippen LogP) is 4.95. The lowest BCUT2D eigenvalue weighted by Crippen LogP contribution is -2.11. The van der Waals surface area contributed by atoms with Crippen LogP contribution in [0.25, 0.3) is 11.3 Å². The molecule has 3 heterocycles. The van der Waals surface area contributed by atoms with E-state index in [9.17, 15) is 0 Å². The van der Waals surface area contributed by atoms with Crippen molar-refractivity contribution in [2.45, 2.75) is 42.7 Å². The second kappa shape index (κ2) is 6.40. The van der Waals surface area contributed by atoms with Crippen molar-refractivity contribution >= 4 is 11.8 Å². The lowest BCUT2D eigenvalue weighted by atomic mass is 10.1.